The van der Waals surface area contributed by atoms with Crippen molar-refractivity contribution in [1.82, 2.24) is 0 Å². The van der Waals surface area contributed by atoms with Crippen molar-refractivity contribution < 1.29 is 0 Å². The number of anilines is 3. The summed E-state index contributed by atoms with van der Waals surface area (Å²) in [5, 5.41) is 0. The Hall–Kier alpha value is -4.10. The molecule has 0 spiro atoms. The molecule has 1 aliphatic carbocycles. The van der Waals surface area contributed by atoms with E-state index in [1.54, 1.807) is 0 Å². The van der Waals surface area contributed by atoms with Gasteiger partial charge in [0.05, 0.1) is 0 Å². The summed E-state index contributed by atoms with van der Waals surface area (Å²) in [5.74, 6) is 0. The zero-order valence-electron chi connectivity index (χ0n) is 21.6. The molecule has 5 rings (SSSR count). The second-order valence-corrected chi connectivity index (χ2v) is 9.96. The lowest BCUT2D eigenvalue weighted by molar-refractivity contribution is 0.655. The van der Waals surface area contributed by atoms with Crippen LogP contribution in [-0.4, -0.2) is 0 Å². The van der Waals surface area contributed by atoms with Crippen LogP contribution in [0.3, 0.4) is 0 Å². The van der Waals surface area contributed by atoms with Crippen molar-refractivity contribution in [2.24, 2.45) is 0 Å². The Kier molecular flexibility index (Phi) is 6.48. The Bertz CT molecular complexity index is 1430. The number of hydrogen-bond acceptors (Lipinski definition) is 1. The Balaban J connectivity index is 1.56. The summed E-state index contributed by atoms with van der Waals surface area (Å²) in [5.41, 5.74) is 11.1. The van der Waals surface area contributed by atoms with Gasteiger partial charge in [-0.2, -0.15) is 0 Å². The van der Waals surface area contributed by atoms with Gasteiger partial charge in [-0.05, 0) is 78.1 Å². The number of fused-ring (bicyclic) bond motifs is 1. The minimum absolute atomic E-state index is 0.0560. The van der Waals surface area contributed by atoms with E-state index >= 15 is 0 Å². The molecule has 0 N–H and O–H groups in total. The van der Waals surface area contributed by atoms with Crippen LogP contribution in [0.15, 0.2) is 127 Å². The van der Waals surface area contributed by atoms with Gasteiger partial charge in [0.2, 0.25) is 0 Å². The quantitative estimate of drug-likeness (QED) is 0.255. The van der Waals surface area contributed by atoms with E-state index in [1.807, 2.05) is 6.92 Å². The van der Waals surface area contributed by atoms with Crippen LogP contribution in [0.2, 0.25) is 0 Å². The van der Waals surface area contributed by atoms with Crippen LogP contribution in [0.25, 0.3) is 17.2 Å². The first-order chi connectivity index (χ1) is 17.5. The van der Waals surface area contributed by atoms with Crippen LogP contribution >= 0.6 is 0 Å². The van der Waals surface area contributed by atoms with Crippen molar-refractivity contribution in [3.05, 3.63) is 144 Å². The molecule has 1 nitrogen and oxygen atoms in total. The summed E-state index contributed by atoms with van der Waals surface area (Å²) >= 11 is 0. The summed E-state index contributed by atoms with van der Waals surface area (Å²) in [6.45, 7) is 8.82. The Labute approximate surface area is 215 Å². The number of allylic oxidation sites excluding steroid dienone is 5. The molecular formula is C35H33N. The first kappa shape index (κ1) is 23.6. The predicted octanol–water partition coefficient (Wildman–Crippen LogP) is 9.94. The Morgan fingerprint density at radius 3 is 1.94 bits per heavy atom. The standard InChI is InChI=1S/C35H33N/c1-5-6-8-13-30-24-29-18-23-33(25-34(29)35(30,3)4)36(31-19-14-26(2)15-20-31)32-21-16-28(17-22-32)27-11-9-7-10-12-27/h5-25H,1-4H3/b6-5-,13-8-. The van der Waals surface area contributed by atoms with Gasteiger partial charge in [0, 0.05) is 22.5 Å². The van der Waals surface area contributed by atoms with Crippen LogP contribution in [0.4, 0.5) is 17.1 Å². The number of benzene rings is 4. The number of aryl methyl sites for hydroxylation is 1. The Morgan fingerprint density at radius 1 is 0.667 bits per heavy atom. The lowest BCUT2D eigenvalue weighted by Crippen LogP contribution is -2.17. The zero-order chi connectivity index (χ0) is 25.1. The summed E-state index contributed by atoms with van der Waals surface area (Å²) in [4.78, 5) is 2.36. The highest BCUT2D eigenvalue weighted by molar-refractivity contribution is 5.81. The van der Waals surface area contributed by atoms with Crippen molar-refractivity contribution in [3.63, 3.8) is 0 Å². The first-order valence-corrected chi connectivity index (χ1v) is 12.7. The number of rotatable bonds is 6. The molecule has 0 fully saturated rings. The van der Waals surface area contributed by atoms with Crippen LogP contribution < -0.4 is 4.90 Å². The molecule has 36 heavy (non-hydrogen) atoms. The SMILES string of the molecule is C/C=C\C=C/C1=Cc2ccc(N(c3ccc(C)cc3)c3ccc(-c4ccccc4)cc3)cc2C1(C)C. The molecule has 4 aromatic carbocycles. The molecule has 0 aromatic heterocycles. The maximum Gasteiger partial charge on any atom is 0.0465 e. The van der Waals surface area contributed by atoms with E-state index in [2.05, 4.69) is 153 Å². The monoisotopic (exact) mass is 467 g/mol. The van der Waals surface area contributed by atoms with E-state index in [0.29, 0.717) is 0 Å². The molecule has 0 saturated carbocycles. The van der Waals surface area contributed by atoms with Crippen molar-refractivity contribution in [3.8, 4) is 11.1 Å². The average molecular weight is 468 g/mol. The minimum atomic E-state index is -0.0560. The van der Waals surface area contributed by atoms with E-state index in [9.17, 15) is 0 Å². The van der Waals surface area contributed by atoms with Crippen molar-refractivity contribution in [2.45, 2.75) is 33.1 Å². The topological polar surface area (TPSA) is 3.24 Å². The van der Waals surface area contributed by atoms with Crippen LogP contribution in [0, 0.1) is 6.92 Å². The third-order valence-electron chi connectivity index (χ3n) is 7.11. The van der Waals surface area contributed by atoms with Gasteiger partial charge in [-0.25, -0.2) is 0 Å². The lowest BCUT2D eigenvalue weighted by Gasteiger charge is -2.29. The average Bonchev–Trinajstić information content (AvgIpc) is 3.16. The van der Waals surface area contributed by atoms with Crippen molar-refractivity contribution >= 4 is 23.1 Å². The van der Waals surface area contributed by atoms with Gasteiger partial charge >= 0.3 is 0 Å². The van der Waals surface area contributed by atoms with Gasteiger partial charge in [-0.15, -0.1) is 0 Å². The highest BCUT2D eigenvalue weighted by Gasteiger charge is 2.32. The van der Waals surface area contributed by atoms with Crippen LogP contribution in [0.5, 0.6) is 0 Å². The minimum Gasteiger partial charge on any atom is -0.310 e. The maximum absolute atomic E-state index is 2.37. The summed E-state index contributed by atoms with van der Waals surface area (Å²) in [6, 6.07) is 35.1. The summed E-state index contributed by atoms with van der Waals surface area (Å²) < 4.78 is 0. The second kappa shape index (κ2) is 9.87. The van der Waals surface area contributed by atoms with Gasteiger partial charge < -0.3 is 4.90 Å². The predicted molar refractivity (Wildman–Crippen MR) is 156 cm³/mol. The highest BCUT2D eigenvalue weighted by atomic mass is 15.1. The van der Waals surface area contributed by atoms with E-state index in [4.69, 9.17) is 0 Å². The van der Waals surface area contributed by atoms with Gasteiger partial charge in [0.1, 0.15) is 0 Å². The fraction of sp³-hybridized carbons (Fsp3) is 0.143. The van der Waals surface area contributed by atoms with E-state index < -0.39 is 0 Å². The molecule has 0 unspecified atom stereocenters. The van der Waals surface area contributed by atoms with Crippen LogP contribution in [-0.2, 0) is 5.41 Å². The molecule has 0 saturated heterocycles. The van der Waals surface area contributed by atoms with Crippen LogP contribution in [0.1, 0.15) is 37.5 Å². The molecule has 178 valence electrons. The van der Waals surface area contributed by atoms with Crippen molar-refractivity contribution in [1.29, 1.82) is 0 Å². The molecule has 0 amide bonds. The largest absolute Gasteiger partial charge is 0.310 e. The molecule has 4 aromatic rings. The molecule has 1 heteroatoms. The normalized spacial score (nSPS) is 14.3. The fourth-order valence-electron chi connectivity index (χ4n) is 4.96. The van der Waals surface area contributed by atoms with Gasteiger partial charge in [-0.3, -0.25) is 0 Å². The second-order valence-electron chi connectivity index (χ2n) is 9.96. The zero-order valence-corrected chi connectivity index (χ0v) is 21.6. The summed E-state index contributed by atoms with van der Waals surface area (Å²) in [7, 11) is 0. The highest BCUT2D eigenvalue weighted by Crippen LogP contribution is 2.45. The molecule has 0 heterocycles. The van der Waals surface area contributed by atoms with E-state index in [1.165, 1.54) is 39.1 Å². The third kappa shape index (κ3) is 4.57. The van der Waals surface area contributed by atoms with Crippen molar-refractivity contribution in [2.75, 3.05) is 4.90 Å². The molecular weight excluding hydrogens is 434 g/mol. The maximum atomic E-state index is 2.37. The first-order valence-electron chi connectivity index (χ1n) is 12.7. The molecule has 0 aliphatic heterocycles. The molecule has 0 bridgehead atoms. The smallest absolute Gasteiger partial charge is 0.0465 e. The van der Waals surface area contributed by atoms with Gasteiger partial charge in [0.25, 0.3) is 0 Å². The molecule has 0 atom stereocenters. The number of nitrogens with zero attached hydrogens (tertiary/aromatic N) is 1. The van der Waals surface area contributed by atoms with Gasteiger partial charge in [-0.1, -0.05) is 110 Å². The summed E-state index contributed by atoms with van der Waals surface area (Å²) in [6.07, 6.45) is 10.8. The molecule has 0 radical (unpaired) electrons. The fourth-order valence-corrected chi connectivity index (χ4v) is 4.96. The third-order valence-corrected chi connectivity index (χ3v) is 7.11. The molecule has 1 aliphatic rings. The van der Waals surface area contributed by atoms with E-state index in [-0.39, 0.29) is 5.41 Å². The Morgan fingerprint density at radius 2 is 1.28 bits per heavy atom. The lowest BCUT2D eigenvalue weighted by atomic mass is 9.81. The number of hydrogen-bond donors (Lipinski definition) is 0. The van der Waals surface area contributed by atoms with E-state index in [0.717, 1.165) is 11.4 Å². The van der Waals surface area contributed by atoms with Gasteiger partial charge in [0.15, 0.2) is 0 Å².